The number of nitrogens with zero attached hydrogens (tertiary/aromatic N) is 1. The molecule has 0 fully saturated rings. The topological polar surface area (TPSA) is 58.6 Å². The van der Waals surface area contributed by atoms with Crippen molar-refractivity contribution in [2.24, 2.45) is 0 Å². The van der Waals surface area contributed by atoms with Crippen LogP contribution < -0.4 is 10.1 Å². The monoisotopic (exact) mass is 428 g/mol. The lowest BCUT2D eigenvalue weighted by Crippen LogP contribution is -2.50. The summed E-state index contributed by atoms with van der Waals surface area (Å²) in [5, 5.41) is 2.96. The van der Waals surface area contributed by atoms with Gasteiger partial charge in [0.2, 0.25) is 11.8 Å². The largest absolute Gasteiger partial charge is 0.497 e. The molecule has 1 atom stereocenters. The lowest BCUT2D eigenvalue weighted by Gasteiger charge is -2.31. The third-order valence-corrected chi connectivity index (χ3v) is 5.65. The number of carbonyl (C=O) groups excluding carboxylic acids is 2. The van der Waals surface area contributed by atoms with Gasteiger partial charge in [0.15, 0.2) is 0 Å². The van der Waals surface area contributed by atoms with Crippen LogP contribution in [0.3, 0.4) is 0 Å². The molecule has 0 aliphatic heterocycles. The molecule has 162 valence electrons. The van der Waals surface area contributed by atoms with Crippen LogP contribution in [0.4, 0.5) is 0 Å². The minimum atomic E-state index is -0.507. The summed E-state index contributed by atoms with van der Waals surface area (Å²) < 4.78 is 5.31. The molecule has 1 unspecified atom stereocenters. The van der Waals surface area contributed by atoms with E-state index < -0.39 is 6.04 Å². The van der Waals surface area contributed by atoms with Gasteiger partial charge in [-0.15, -0.1) is 11.8 Å². The van der Waals surface area contributed by atoms with E-state index in [0.717, 1.165) is 16.2 Å². The molecule has 1 N–H and O–H groups in total. The summed E-state index contributed by atoms with van der Waals surface area (Å²) in [5.41, 5.74) is 0.939. The maximum atomic E-state index is 13.2. The maximum Gasteiger partial charge on any atom is 0.243 e. The molecular formula is C24H32N2O3S. The van der Waals surface area contributed by atoms with Crippen LogP contribution in [0.15, 0.2) is 59.5 Å². The van der Waals surface area contributed by atoms with Crippen LogP contribution >= 0.6 is 11.8 Å². The molecule has 0 saturated carbocycles. The average Bonchev–Trinajstić information content (AvgIpc) is 2.74. The number of rotatable bonds is 11. The first-order chi connectivity index (χ1) is 14.4. The summed E-state index contributed by atoms with van der Waals surface area (Å²) in [6, 6.07) is 17.2. The van der Waals surface area contributed by atoms with E-state index in [1.165, 1.54) is 0 Å². The van der Waals surface area contributed by atoms with Gasteiger partial charge in [-0.05, 0) is 50.1 Å². The number of hydrogen-bond donors (Lipinski definition) is 1. The van der Waals surface area contributed by atoms with E-state index >= 15 is 0 Å². The van der Waals surface area contributed by atoms with Crippen LogP contribution in [0, 0.1) is 0 Å². The normalized spacial score (nSPS) is 11.8. The number of hydrogen-bond acceptors (Lipinski definition) is 4. The van der Waals surface area contributed by atoms with E-state index in [1.807, 2.05) is 75.4 Å². The number of nitrogens with one attached hydrogen (secondary N) is 1. The van der Waals surface area contributed by atoms with Gasteiger partial charge in [-0.2, -0.15) is 0 Å². The Morgan fingerprint density at radius 1 is 1.10 bits per heavy atom. The van der Waals surface area contributed by atoms with Crippen molar-refractivity contribution in [3.8, 4) is 5.75 Å². The quantitative estimate of drug-likeness (QED) is 0.535. The van der Waals surface area contributed by atoms with Gasteiger partial charge in [0.1, 0.15) is 11.8 Å². The van der Waals surface area contributed by atoms with Crippen molar-refractivity contribution < 1.29 is 14.3 Å². The number of amides is 2. The molecule has 6 heteroatoms. The third-order valence-electron chi connectivity index (χ3n) is 4.63. The Kier molecular flexibility index (Phi) is 9.74. The first-order valence-electron chi connectivity index (χ1n) is 10.3. The van der Waals surface area contributed by atoms with Crippen LogP contribution in [-0.2, 0) is 16.1 Å². The zero-order valence-electron chi connectivity index (χ0n) is 18.3. The Balaban J connectivity index is 2.15. The summed E-state index contributed by atoms with van der Waals surface area (Å²) in [5.74, 6) is 1.27. The second-order valence-electron chi connectivity index (χ2n) is 7.37. The summed E-state index contributed by atoms with van der Waals surface area (Å²) in [7, 11) is 1.62. The second kappa shape index (κ2) is 12.3. The van der Waals surface area contributed by atoms with E-state index in [2.05, 4.69) is 5.32 Å². The second-order valence-corrected chi connectivity index (χ2v) is 8.54. The van der Waals surface area contributed by atoms with E-state index in [-0.39, 0.29) is 17.9 Å². The Morgan fingerprint density at radius 2 is 1.83 bits per heavy atom. The Bertz CT molecular complexity index is 811. The van der Waals surface area contributed by atoms with Crippen molar-refractivity contribution in [3.63, 3.8) is 0 Å². The van der Waals surface area contributed by atoms with E-state index in [4.69, 9.17) is 4.74 Å². The van der Waals surface area contributed by atoms with E-state index in [0.29, 0.717) is 25.1 Å². The van der Waals surface area contributed by atoms with Crippen molar-refractivity contribution in [3.05, 3.63) is 60.2 Å². The summed E-state index contributed by atoms with van der Waals surface area (Å²) in [6.07, 6.45) is 0.926. The van der Waals surface area contributed by atoms with Crippen molar-refractivity contribution in [1.29, 1.82) is 0 Å². The molecule has 30 heavy (non-hydrogen) atoms. The van der Waals surface area contributed by atoms with Crippen LogP contribution in [0.25, 0.3) is 0 Å². The highest BCUT2D eigenvalue weighted by atomic mass is 32.2. The van der Waals surface area contributed by atoms with Crippen LogP contribution in [-0.4, -0.2) is 41.7 Å². The highest BCUT2D eigenvalue weighted by Gasteiger charge is 2.28. The van der Waals surface area contributed by atoms with Gasteiger partial charge in [-0.3, -0.25) is 9.59 Å². The van der Waals surface area contributed by atoms with Crippen molar-refractivity contribution in [2.75, 3.05) is 12.9 Å². The predicted molar refractivity (Wildman–Crippen MR) is 123 cm³/mol. The minimum Gasteiger partial charge on any atom is -0.497 e. The van der Waals surface area contributed by atoms with Crippen LogP contribution in [0.5, 0.6) is 5.75 Å². The predicted octanol–water partition coefficient (Wildman–Crippen LogP) is 4.51. The summed E-state index contributed by atoms with van der Waals surface area (Å²) in [6.45, 7) is 6.16. The van der Waals surface area contributed by atoms with Crippen molar-refractivity contribution >= 4 is 23.6 Å². The lowest BCUT2D eigenvalue weighted by atomic mass is 10.1. The Hall–Kier alpha value is -2.47. The Labute approximate surface area is 184 Å². The van der Waals surface area contributed by atoms with Gasteiger partial charge in [-0.25, -0.2) is 0 Å². The first-order valence-corrected chi connectivity index (χ1v) is 11.3. The van der Waals surface area contributed by atoms with Gasteiger partial charge in [0.25, 0.3) is 0 Å². The van der Waals surface area contributed by atoms with Gasteiger partial charge in [-0.1, -0.05) is 37.3 Å². The zero-order chi connectivity index (χ0) is 21.9. The van der Waals surface area contributed by atoms with Crippen LogP contribution in [0.2, 0.25) is 0 Å². The number of thioether (sulfide) groups is 1. The molecule has 0 bridgehead atoms. The van der Waals surface area contributed by atoms with Gasteiger partial charge in [0, 0.05) is 29.7 Å². The highest BCUT2D eigenvalue weighted by molar-refractivity contribution is 7.99. The molecule has 2 amide bonds. The summed E-state index contributed by atoms with van der Waals surface area (Å²) in [4.78, 5) is 28.8. The molecule has 2 aromatic rings. The standard InChI is InChI=1S/C24H32N2O3S/c1-5-22(24(28)25-18(2)3)26(17-19-10-9-11-20(16-19)29-4)23(27)14-15-30-21-12-7-6-8-13-21/h6-13,16,18,22H,5,14-15,17H2,1-4H3,(H,25,28). The smallest absolute Gasteiger partial charge is 0.243 e. The molecule has 0 aliphatic carbocycles. The molecule has 2 aromatic carbocycles. The molecule has 2 rings (SSSR count). The fraction of sp³-hybridized carbons (Fsp3) is 0.417. The number of ether oxygens (including phenoxy) is 1. The lowest BCUT2D eigenvalue weighted by molar-refractivity contribution is -0.141. The number of carbonyl (C=O) groups is 2. The van der Waals surface area contributed by atoms with Crippen molar-refractivity contribution in [2.45, 2.75) is 57.1 Å². The summed E-state index contributed by atoms with van der Waals surface area (Å²) >= 11 is 1.65. The maximum absolute atomic E-state index is 13.2. The molecule has 0 aliphatic rings. The number of methoxy groups -OCH3 is 1. The van der Waals surface area contributed by atoms with E-state index in [9.17, 15) is 9.59 Å². The molecule has 5 nitrogen and oxygen atoms in total. The molecule has 0 radical (unpaired) electrons. The van der Waals surface area contributed by atoms with Gasteiger partial charge in [0.05, 0.1) is 7.11 Å². The van der Waals surface area contributed by atoms with Gasteiger partial charge >= 0.3 is 0 Å². The molecular weight excluding hydrogens is 396 g/mol. The van der Waals surface area contributed by atoms with Crippen LogP contribution in [0.1, 0.15) is 39.2 Å². The fourth-order valence-electron chi connectivity index (χ4n) is 3.18. The molecule has 0 saturated heterocycles. The highest BCUT2D eigenvalue weighted by Crippen LogP contribution is 2.21. The molecule has 0 aromatic heterocycles. The molecule has 0 spiro atoms. The van der Waals surface area contributed by atoms with E-state index in [1.54, 1.807) is 23.8 Å². The SMILES string of the molecule is CCC(C(=O)NC(C)C)N(Cc1cccc(OC)c1)C(=O)CCSc1ccccc1. The van der Waals surface area contributed by atoms with Crippen molar-refractivity contribution in [1.82, 2.24) is 10.2 Å². The number of benzene rings is 2. The third kappa shape index (κ3) is 7.41. The Morgan fingerprint density at radius 3 is 2.47 bits per heavy atom. The van der Waals surface area contributed by atoms with Gasteiger partial charge < -0.3 is 15.0 Å². The first kappa shape index (κ1) is 23.8. The average molecular weight is 429 g/mol. The fourth-order valence-corrected chi connectivity index (χ4v) is 4.05. The minimum absolute atomic E-state index is 0.0213. The molecule has 0 heterocycles. The zero-order valence-corrected chi connectivity index (χ0v) is 19.1.